The van der Waals surface area contributed by atoms with Gasteiger partial charge in [-0.05, 0) is 53.4 Å². The van der Waals surface area contributed by atoms with Gasteiger partial charge in [0, 0.05) is 23.0 Å². The van der Waals surface area contributed by atoms with Crippen LogP contribution >= 0.6 is 15.9 Å². The number of rotatable bonds is 5. The highest BCUT2D eigenvalue weighted by molar-refractivity contribution is 9.10. The van der Waals surface area contributed by atoms with Crippen LogP contribution in [0.4, 0.5) is 0 Å². The molecule has 1 aliphatic carbocycles. The van der Waals surface area contributed by atoms with Crippen LogP contribution in [0.15, 0.2) is 27.6 Å². The van der Waals surface area contributed by atoms with Crippen molar-refractivity contribution in [3.05, 3.63) is 28.2 Å². The average molecular weight is 362 g/mol. The van der Waals surface area contributed by atoms with Gasteiger partial charge in [-0.15, -0.1) is 0 Å². The molecular formula is C14H20BrNO3S. The molecule has 0 amide bonds. The van der Waals surface area contributed by atoms with Crippen molar-refractivity contribution < 1.29 is 13.5 Å². The number of hydrogen-bond donors (Lipinski definition) is 2. The minimum Gasteiger partial charge on any atom is -0.396 e. The Morgan fingerprint density at radius 2 is 2.00 bits per heavy atom. The molecule has 6 heteroatoms. The second-order valence-electron chi connectivity index (χ2n) is 5.62. The third-order valence-electron chi connectivity index (χ3n) is 4.01. The number of benzene rings is 1. The molecule has 2 N–H and O–H groups in total. The Bertz CT molecular complexity index is 580. The summed E-state index contributed by atoms with van der Waals surface area (Å²) >= 11 is 3.30. The molecule has 4 nitrogen and oxygen atoms in total. The summed E-state index contributed by atoms with van der Waals surface area (Å²) in [5, 5.41) is 9.53. The Morgan fingerprint density at radius 1 is 1.35 bits per heavy atom. The highest BCUT2D eigenvalue weighted by Crippen LogP contribution is 2.37. The molecule has 1 fully saturated rings. The van der Waals surface area contributed by atoms with E-state index in [1.54, 1.807) is 18.2 Å². The number of aliphatic hydroxyl groups is 1. The molecule has 0 heterocycles. The zero-order chi connectivity index (χ0) is 14.8. The van der Waals surface area contributed by atoms with E-state index >= 15 is 0 Å². The first-order valence-corrected chi connectivity index (χ1v) is 9.03. The Hall–Kier alpha value is -0.430. The van der Waals surface area contributed by atoms with Crippen LogP contribution in [0.1, 0.15) is 31.2 Å². The van der Waals surface area contributed by atoms with Gasteiger partial charge in [-0.25, -0.2) is 13.1 Å². The van der Waals surface area contributed by atoms with E-state index in [1.165, 1.54) is 0 Å². The van der Waals surface area contributed by atoms with Crippen molar-refractivity contribution in [2.75, 3.05) is 13.2 Å². The van der Waals surface area contributed by atoms with Gasteiger partial charge in [0.15, 0.2) is 0 Å². The van der Waals surface area contributed by atoms with Crippen LogP contribution in [0.25, 0.3) is 0 Å². The van der Waals surface area contributed by atoms with E-state index in [2.05, 4.69) is 20.7 Å². The van der Waals surface area contributed by atoms with Crippen LogP contribution in [0.2, 0.25) is 0 Å². The number of sulfonamides is 1. The molecule has 1 aliphatic rings. The predicted octanol–water partition coefficient (Wildman–Crippen LogP) is 2.59. The molecule has 0 bridgehead atoms. The Labute approximate surface area is 128 Å². The maximum atomic E-state index is 12.4. The zero-order valence-corrected chi connectivity index (χ0v) is 13.9. The Balaban J connectivity index is 2.15. The first-order valence-electron chi connectivity index (χ1n) is 6.75. The summed E-state index contributed by atoms with van der Waals surface area (Å²) in [5.41, 5.74) is 0.711. The number of halogens is 1. The molecule has 0 atom stereocenters. The zero-order valence-electron chi connectivity index (χ0n) is 11.5. The normalized spacial score (nSPS) is 18.4. The fraction of sp³-hybridized carbons (Fsp3) is 0.571. The lowest BCUT2D eigenvalue weighted by Crippen LogP contribution is -2.38. The highest BCUT2D eigenvalue weighted by Gasteiger charge is 2.34. The van der Waals surface area contributed by atoms with Gasteiger partial charge in [0.25, 0.3) is 0 Å². The summed E-state index contributed by atoms with van der Waals surface area (Å²) in [4.78, 5) is 0.245. The van der Waals surface area contributed by atoms with Crippen LogP contribution in [0.5, 0.6) is 0 Å². The van der Waals surface area contributed by atoms with Crippen LogP contribution in [-0.4, -0.2) is 26.7 Å². The molecule has 1 saturated carbocycles. The molecule has 1 aromatic rings. The van der Waals surface area contributed by atoms with E-state index < -0.39 is 10.0 Å². The van der Waals surface area contributed by atoms with Gasteiger partial charge in [-0.3, -0.25) is 0 Å². The van der Waals surface area contributed by atoms with E-state index in [-0.39, 0.29) is 16.9 Å². The summed E-state index contributed by atoms with van der Waals surface area (Å²) in [5.74, 6) is 0. The molecule has 0 spiro atoms. The van der Waals surface area contributed by atoms with E-state index in [4.69, 9.17) is 0 Å². The van der Waals surface area contributed by atoms with Gasteiger partial charge >= 0.3 is 0 Å². The fourth-order valence-corrected chi connectivity index (χ4v) is 5.01. The molecule has 2 rings (SSSR count). The van der Waals surface area contributed by atoms with Gasteiger partial charge in [-0.2, -0.15) is 0 Å². The lowest BCUT2D eigenvalue weighted by atomic mass is 9.88. The minimum absolute atomic E-state index is 0.0323. The van der Waals surface area contributed by atoms with Crippen LogP contribution in [0, 0.1) is 12.3 Å². The molecule has 0 saturated heterocycles. The summed E-state index contributed by atoms with van der Waals surface area (Å²) in [6.45, 7) is 2.24. The number of nitrogens with one attached hydrogen (secondary N) is 1. The monoisotopic (exact) mass is 361 g/mol. The summed E-state index contributed by atoms with van der Waals surface area (Å²) in [6.07, 6.45) is 3.86. The smallest absolute Gasteiger partial charge is 0.241 e. The van der Waals surface area contributed by atoms with Crippen LogP contribution < -0.4 is 4.72 Å². The van der Waals surface area contributed by atoms with E-state index in [1.807, 2.05) is 6.92 Å². The maximum absolute atomic E-state index is 12.4. The SMILES string of the molecule is Cc1ccc(S(=O)(=O)NCC2(CO)CCCC2)c(Br)c1. The van der Waals surface area contributed by atoms with Crippen molar-refractivity contribution in [2.24, 2.45) is 5.41 Å². The Morgan fingerprint density at radius 3 is 2.55 bits per heavy atom. The van der Waals surface area contributed by atoms with Gasteiger partial charge in [0.1, 0.15) is 0 Å². The fourth-order valence-electron chi connectivity index (χ4n) is 2.67. The predicted molar refractivity (Wildman–Crippen MR) is 82.1 cm³/mol. The molecule has 20 heavy (non-hydrogen) atoms. The maximum Gasteiger partial charge on any atom is 0.241 e. The number of aryl methyl sites for hydroxylation is 1. The summed E-state index contributed by atoms with van der Waals surface area (Å²) < 4.78 is 27.9. The van der Waals surface area contributed by atoms with Gasteiger partial charge in [-0.1, -0.05) is 18.9 Å². The second-order valence-corrected chi connectivity index (χ2v) is 8.21. The molecule has 0 aromatic heterocycles. The van der Waals surface area contributed by atoms with E-state index in [0.29, 0.717) is 11.0 Å². The third kappa shape index (κ3) is 3.42. The first kappa shape index (κ1) is 15.9. The number of hydrogen-bond acceptors (Lipinski definition) is 3. The second kappa shape index (κ2) is 6.13. The molecular weight excluding hydrogens is 342 g/mol. The summed E-state index contributed by atoms with van der Waals surface area (Å²) in [7, 11) is -3.55. The van der Waals surface area contributed by atoms with Crippen molar-refractivity contribution >= 4 is 26.0 Å². The summed E-state index contributed by atoms with van der Waals surface area (Å²) in [6, 6.07) is 5.16. The average Bonchev–Trinajstić information content (AvgIpc) is 2.85. The van der Waals surface area contributed by atoms with Gasteiger partial charge < -0.3 is 5.11 Å². The van der Waals surface area contributed by atoms with E-state index in [9.17, 15) is 13.5 Å². The molecule has 0 radical (unpaired) electrons. The first-order chi connectivity index (χ1) is 9.38. The van der Waals surface area contributed by atoms with Crippen molar-refractivity contribution in [1.29, 1.82) is 0 Å². The van der Waals surface area contributed by atoms with Gasteiger partial charge in [0.05, 0.1) is 4.90 Å². The quantitative estimate of drug-likeness (QED) is 0.846. The standard InChI is InChI=1S/C14H20BrNO3S/c1-11-4-5-13(12(15)8-11)20(18,19)16-9-14(10-17)6-2-3-7-14/h4-5,8,16-17H,2-3,6-7,9-10H2,1H3. The molecule has 1 aromatic carbocycles. The van der Waals surface area contributed by atoms with E-state index in [0.717, 1.165) is 31.2 Å². The molecule has 0 unspecified atom stereocenters. The van der Waals surface area contributed by atoms with Crippen molar-refractivity contribution in [3.8, 4) is 0 Å². The van der Waals surface area contributed by atoms with Crippen LogP contribution in [-0.2, 0) is 10.0 Å². The largest absolute Gasteiger partial charge is 0.396 e. The molecule has 0 aliphatic heterocycles. The Kier molecular flexibility index (Phi) is 4.89. The lowest BCUT2D eigenvalue weighted by molar-refractivity contribution is 0.134. The minimum atomic E-state index is -3.55. The lowest BCUT2D eigenvalue weighted by Gasteiger charge is -2.26. The van der Waals surface area contributed by atoms with Gasteiger partial charge in [0.2, 0.25) is 10.0 Å². The van der Waals surface area contributed by atoms with Crippen molar-refractivity contribution in [1.82, 2.24) is 4.72 Å². The highest BCUT2D eigenvalue weighted by atomic mass is 79.9. The van der Waals surface area contributed by atoms with Crippen molar-refractivity contribution in [3.63, 3.8) is 0 Å². The third-order valence-corrected chi connectivity index (χ3v) is 6.39. The number of aliphatic hydroxyl groups excluding tert-OH is 1. The van der Waals surface area contributed by atoms with Crippen LogP contribution in [0.3, 0.4) is 0 Å². The van der Waals surface area contributed by atoms with Crippen molar-refractivity contribution in [2.45, 2.75) is 37.5 Å². The topological polar surface area (TPSA) is 66.4 Å². The molecule has 112 valence electrons.